The van der Waals surface area contributed by atoms with Crippen LogP contribution in [0.4, 0.5) is 5.82 Å². The summed E-state index contributed by atoms with van der Waals surface area (Å²) in [5.74, 6) is 0.188. The van der Waals surface area contributed by atoms with Crippen LogP contribution in [-0.4, -0.2) is 66.5 Å². The molecule has 2 heterocycles. The van der Waals surface area contributed by atoms with Crippen LogP contribution in [0.5, 0.6) is 0 Å². The molecule has 1 aromatic rings. The third-order valence-electron chi connectivity index (χ3n) is 8.09. The zero-order valence-electron chi connectivity index (χ0n) is 24.3. The number of nitrogens with one attached hydrogen (secondary N) is 1. The molecule has 1 N–H and O–H groups in total. The van der Waals surface area contributed by atoms with Crippen LogP contribution in [0.3, 0.4) is 0 Å². The fourth-order valence-electron chi connectivity index (χ4n) is 5.88. The Morgan fingerprint density at radius 2 is 1.95 bits per heavy atom. The molecule has 1 saturated carbocycles. The summed E-state index contributed by atoms with van der Waals surface area (Å²) in [7, 11) is 0. The summed E-state index contributed by atoms with van der Waals surface area (Å²) < 4.78 is 10.2. The maximum absolute atomic E-state index is 13.2. The number of hydrogen-bond acceptors (Lipinski definition) is 7. The first-order chi connectivity index (χ1) is 19.3. The number of carbonyl (C=O) groups excluding carboxylic acids is 3. The molecule has 2 aliphatic rings. The Morgan fingerprint density at radius 3 is 2.58 bits per heavy atom. The minimum atomic E-state index is -0.298. The van der Waals surface area contributed by atoms with Gasteiger partial charge in [-0.15, -0.1) is 0 Å². The summed E-state index contributed by atoms with van der Waals surface area (Å²) in [4.78, 5) is 46.2. The van der Waals surface area contributed by atoms with Gasteiger partial charge in [0, 0.05) is 44.7 Å². The molecule has 1 aromatic heterocycles. The van der Waals surface area contributed by atoms with Gasteiger partial charge in [-0.2, -0.15) is 0 Å². The molecule has 3 rings (SSSR count). The van der Waals surface area contributed by atoms with Crippen LogP contribution in [0.2, 0.25) is 0 Å². The van der Waals surface area contributed by atoms with Crippen molar-refractivity contribution in [2.24, 2.45) is 5.41 Å². The molecule has 220 valence electrons. The van der Waals surface area contributed by atoms with E-state index in [-0.39, 0.29) is 35.0 Å². The molecule has 2 fully saturated rings. The quantitative estimate of drug-likeness (QED) is 0.146. The van der Waals surface area contributed by atoms with Crippen molar-refractivity contribution in [3.8, 4) is 0 Å². The van der Waals surface area contributed by atoms with Gasteiger partial charge in [0.25, 0.3) is 5.91 Å². The number of aryl methyl sites for hydroxylation is 1. The first kappa shape index (κ1) is 31.3. The molecule has 1 aliphatic carbocycles. The van der Waals surface area contributed by atoms with Crippen LogP contribution in [0.15, 0.2) is 43.5 Å². The van der Waals surface area contributed by atoms with Crippen molar-refractivity contribution in [3.63, 3.8) is 0 Å². The number of piperidine rings is 1. The normalized spacial score (nSPS) is 17.1. The minimum Gasteiger partial charge on any atom is -0.466 e. The number of carbonyl (C=O) groups is 3. The van der Waals surface area contributed by atoms with Crippen LogP contribution in [-0.2, 0) is 23.9 Å². The van der Waals surface area contributed by atoms with Gasteiger partial charge in [0.2, 0.25) is 5.91 Å². The van der Waals surface area contributed by atoms with Crippen molar-refractivity contribution in [1.82, 2.24) is 15.2 Å². The van der Waals surface area contributed by atoms with Gasteiger partial charge in [-0.25, -0.2) is 4.98 Å². The third-order valence-corrected chi connectivity index (χ3v) is 8.09. The lowest BCUT2D eigenvalue weighted by molar-refractivity contribution is -0.143. The summed E-state index contributed by atoms with van der Waals surface area (Å²) >= 11 is 0. The second kappa shape index (κ2) is 15.6. The third kappa shape index (κ3) is 9.18. The number of rotatable bonds is 15. The zero-order chi connectivity index (χ0) is 29.0. The molecule has 0 aromatic carbocycles. The van der Waals surface area contributed by atoms with Crippen molar-refractivity contribution in [2.45, 2.75) is 84.1 Å². The van der Waals surface area contributed by atoms with E-state index in [0.29, 0.717) is 38.2 Å². The number of likely N-dealkylation sites (tertiary alicyclic amines) is 1. The fourth-order valence-corrected chi connectivity index (χ4v) is 5.88. The first-order valence-corrected chi connectivity index (χ1v) is 14.6. The zero-order valence-corrected chi connectivity index (χ0v) is 24.3. The Bertz CT molecular complexity index is 1010. The summed E-state index contributed by atoms with van der Waals surface area (Å²) in [6, 6.07) is 3.81. The Balaban J connectivity index is 1.51. The Hall–Kier alpha value is -3.20. The van der Waals surface area contributed by atoms with Crippen molar-refractivity contribution in [3.05, 3.63) is 49.1 Å². The maximum Gasteiger partial charge on any atom is 0.305 e. The molecule has 2 amide bonds. The largest absolute Gasteiger partial charge is 0.466 e. The van der Waals surface area contributed by atoms with Crippen LogP contribution >= 0.6 is 0 Å². The second-order valence-corrected chi connectivity index (χ2v) is 11.0. The van der Waals surface area contributed by atoms with Gasteiger partial charge in [-0.3, -0.25) is 19.3 Å². The topological polar surface area (TPSA) is 101 Å². The van der Waals surface area contributed by atoms with E-state index < -0.39 is 0 Å². The van der Waals surface area contributed by atoms with E-state index >= 15 is 0 Å². The van der Waals surface area contributed by atoms with Gasteiger partial charge >= 0.3 is 5.97 Å². The molecule has 0 atom stereocenters. The summed E-state index contributed by atoms with van der Waals surface area (Å²) in [5, 5.41) is 3.01. The average molecular weight is 555 g/mol. The molecule has 40 heavy (non-hydrogen) atoms. The van der Waals surface area contributed by atoms with Gasteiger partial charge in [-0.1, -0.05) is 32.1 Å². The van der Waals surface area contributed by atoms with Crippen molar-refractivity contribution < 1.29 is 23.9 Å². The molecule has 0 unspecified atom stereocenters. The molecule has 0 radical (unpaired) electrons. The van der Waals surface area contributed by atoms with Crippen LogP contribution < -0.4 is 10.2 Å². The summed E-state index contributed by atoms with van der Waals surface area (Å²) in [5.41, 5.74) is 1.06. The maximum atomic E-state index is 13.2. The molecule has 9 nitrogen and oxygen atoms in total. The number of esters is 1. The van der Waals surface area contributed by atoms with Crippen LogP contribution in [0.1, 0.15) is 76.7 Å². The van der Waals surface area contributed by atoms with Gasteiger partial charge in [0.05, 0.1) is 12.9 Å². The number of pyridine rings is 1. The van der Waals surface area contributed by atoms with Crippen molar-refractivity contribution >= 4 is 23.6 Å². The van der Waals surface area contributed by atoms with Gasteiger partial charge in [0.1, 0.15) is 5.82 Å². The molecule has 9 heteroatoms. The second-order valence-electron chi connectivity index (χ2n) is 11.0. The highest BCUT2D eigenvalue weighted by Gasteiger charge is 2.37. The van der Waals surface area contributed by atoms with Gasteiger partial charge in [-0.05, 0) is 76.0 Å². The summed E-state index contributed by atoms with van der Waals surface area (Å²) in [6.07, 6.45) is 11.5. The predicted molar refractivity (Wildman–Crippen MR) is 155 cm³/mol. The summed E-state index contributed by atoms with van der Waals surface area (Å²) in [6.45, 7) is 14.6. The lowest BCUT2D eigenvalue weighted by Gasteiger charge is -2.39. The number of hydrogen-bond donors (Lipinski definition) is 1. The molecule has 0 bridgehead atoms. The Kier molecular flexibility index (Phi) is 12.2. The van der Waals surface area contributed by atoms with E-state index in [1.165, 1.54) is 6.26 Å². The van der Waals surface area contributed by atoms with Crippen LogP contribution in [0, 0.1) is 12.3 Å². The number of ether oxygens (including phenoxy) is 2. The number of aromatic nitrogens is 1. The number of anilines is 1. The van der Waals surface area contributed by atoms with Crippen LogP contribution in [0.25, 0.3) is 0 Å². The highest BCUT2D eigenvalue weighted by atomic mass is 16.5. The lowest BCUT2D eigenvalue weighted by Crippen LogP contribution is -2.49. The van der Waals surface area contributed by atoms with Crippen molar-refractivity contribution in [2.75, 3.05) is 37.7 Å². The highest BCUT2D eigenvalue weighted by Crippen LogP contribution is 2.44. The minimum absolute atomic E-state index is 0.00931. The monoisotopic (exact) mass is 554 g/mol. The van der Waals surface area contributed by atoms with Gasteiger partial charge in [0.15, 0.2) is 5.76 Å². The van der Waals surface area contributed by atoms with E-state index in [2.05, 4.69) is 28.4 Å². The highest BCUT2D eigenvalue weighted by molar-refractivity contribution is 6.03. The molecular weight excluding hydrogens is 508 g/mol. The van der Waals surface area contributed by atoms with Gasteiger partial charge < -0.3 is 19.7 Å². The fraction of sp³-hybridized carbons (Fsp3) is 0.613. The number of amides is 2. The Labute approximate surface area is 239 Å². The van der Waals surface area contributed by atoms with E-state index in [4.69, 9.17) is 9.47 Å². The lowest BCUT2D eigenvalue weighted by atomic mass is 9.79. The average Bonchev–Trinajstić information content (AvgIpc) is 3.40. The van der Waals surface area contributed by atoms with E-state index in [0.717, 1.165) is 70.1 Å². The first-order valence-electron chi connectivity index (χ1n) is 14.6. The van der Waals surface area contributed by atoms with E-state index in [1.807, 2.05) is 19.1 Å². The molecule has 1 aliphatic heterocycles. The molecule has 0 spiro atoms. The Morgan fingerprint density at radius 1 is 1.23 bits per heavy atom. The van der Waals surface area contributed by atoms with Crippen molar-refractivity contribution in [1.29, 1.82) is 0 Å². The van der Waals surface area contributed by atoms with E-state index in [9.17, 15) is 14.4 Å². The van der Waals surface area contributed by atoms with E-state index in [1.54, 1.807) is 18.0 Å². The smallest absolute Gasteiger partial charge is 0.305 e. The molecule has 1 saturated heterocycles. The molecular formula is C31H46N4O5. The standard InChI is InChI=1S/C31H46N4O5/c1-5-39-25(4)30(38)35(27-12-11-24(3)23-33-27)26-13-19-34(20-14-26)21-17-31(15-7-8-16-31)22-28(36)32-18-9-10-29(37)40-6-2/h5,11-12,23,26H,1,4,6-10,13-22H2,2-3H3,(H,32,36). The SMILES string of the molecule is C=COC(=C)C(=O)N(c1ccc(C)cn1)C1CCN(CCC2(CC(=O)NCCCC(=O)OCC)CCCC2)CC1. The number of nitrogens with zero attached hydrogens (tertiary/aromatic N) is 3. The predicted octanol–water partition coefficient (Wildman–Crippen LogP) is 4.66.